The van der Waals surface area contributed by atoms with E-state index in [0.717, 1.165) is 18.9 Å². The third-order valence-corrected chi connectivity index (χ3v) is 4.70. The van der Waals surface area contributed by atoms with Gasteiger partial charge >= 0.3 is 0 Å². The van der Waals surface area contributed by atoms with E-state index in [0.29, 0.717) is 10.6 Å². The van der Waals surface area contributed by atoms with Gasteiger partial charge in [0.2, 0.25) is 5.95 Å². The van der Waals surface area contributed by atoms with E-state index in [4.69, 9.17) is 17.3 Å². The molecule has 0 bridgehead atoms. The smallest absolute Gasteiger partial charge is 0.223 e. The average molecular weight is 267 g/mol. The molecular weight excluding hydrogens is 248 g/mol. The molecular formula is C13H19ClN4. The van der Waals surface area contributed by atoms with Crippen LogP contribution in [0.15, 0.2) is 6.07 Å². The van der Waals surface area contributed by atoms with Gasteiger partial charge in [-0.25, -0.2) is 4.98 Å². The van der Waals surface area contributed by atoms with E-state index in [9.17, 15) is 0 Å². The van der Waals surface area contributed by atoms with E-state index in [1.165, 1.54) is 38.5 Å². The SMILES string of the molecule is Nc1nc(Cl)cc(N2CCC3(CCCC3)CC2)n1. The van der Waals surface area contributed by atoms with Crippen LogP contribution in [0.2, 0.25) is 5.15 Å². The van der Waals surface area contributed by atoms with Crippen LogP contribution in [-0.2, 0) is 0 Å². The van der Waals surface area contributed by atoms with Gasteiger partial charge in [0, 0.05) is 19.2 Å². The maximum atomic E-state index is 5.93. The molecule has 98 valence electrons. The summed E-state index contributed by atoms with van der Waals surface area (Å²) in [4.78, 5) is 10.5. The van der Waals surface area contributed by atoms with Gasteiger partial charge < -0.3 is 10.6 Å². The molecule has 0 aromatic carbocycles. The van der Waals surface area contributed by atoms with Gasteiger partial charge in [0.15, 0.2) is 0 Å². The summed E-state index contributed by atoms with van der Waals surface area (Å²) >= 11 is 5.93. The molecule has 1 aromatic heterocycles. The molecule has 0 radical (unpaired) electrons. The molecule has 4 nitrogen and oxygen atoms in total. The van der Waals surface area contributed by atoms with Crippen molar-refractivity contribution in [2.75, 3.05) is 23.7 Å². The molecule has 1 saturated carbocycles. The largest absolute Gasteiger partial charge is 0.368 e. The topological polar surface area (TPSA) is 55.0 Å². The third-order valence-electron chi connectivity index (χ3n) is 4.51. The highest BCUT2D eigenvalue weighted by Crippen LogP contribution is 2.46. The molecule has 1 spiro atoms. The Morgan fingerprint density at radius 2 is 1.78 bits per heavy atom. The fourth-order valence-electron chi connectivity index (χ4n) is 3.42. The molecule has 5 heteroatoms. The molecule has 0 amide bonds. The van der Waals surface area contributed by atoms with Gasteiger partial charge in [-0.15, -0.1) is 0 Å². The zero-order valence-electron chi connectivity index (χ0n) is 10.5. The summed E-state index contributed by atoms with van der Waals surface area (Å²) in [6.07, 6.45) is 8.18. The van der Waals surface area contributed by atoms with Crippen molar-refractivity contribution in [2.45, 2.75) is 38.5 Å². The highest BCUT2D eigenvalue weighted by atomic mass is 35.5. The van der Waals surface area contributed by atoms with Gasteiger partial charge in [-0.05, 0) is 31.1 Å². The van der Waals surface area contributed by atoms with Crippen molar-refractivity contribution in [3.63, 3.8) is 0 Å². The number of aromatic nitrogens is 2. The number of nitrogen functional groups attached to an aromatic ring is 1. The van der Waals surface area contributed by atoms with E-state index >= 15 is 0 Å². The monoisotopic (exact) mass is 266 g/mol. The molecule has 3 rings (SSSR count). The van der Waals surface area contributed by atoms with Crippen LogP contribution < -0.4 is 10.6 Å². The minimum atomic E-state index is 0.263. The van der Waals surface area contributed by atoms with Gasteiger partial charge in [-0.1, -0.05) is 24.4 Å². The first-order chi connectivity index (χ1) is 8.67. The number of piperidine rings is 1. The molecule has 1 saturated heterocycles. The first-order valence-corrected chi connectivity index (χ1v) is 7.10. The molecule has 0 atom stereocenters. The summed E-state index contributed by atoms with van der Waals surface area (Å²) in [6.45, 7) is 2.12. The Balaban J connectivity index is 1.72. The van der Waals surface area contributed by atoms with Gasteiger partial charge in [0.1, 0.15) is 11.0 Å². The second-order valence-electron chi connectivity index (χ2n) is 5.60. The van der Waals surface area contributed by atoms with Crippen molar-refractivity contribution in [3.05, 3.63) is 11.2 Å². The summed E-state index contributed by atoms with van der Waals surface area (Å²) in [6, 6.07) is 1.81. The van der Waals surface area contributed by atoms with Gasteiger partial charge in [-0.3, -0.25) is 0 Å². The van der Waals surface area contributed by atoms with Gasteiger partial charge in [0.05, 0.1) is 0 Å². The lowest BCUT2D eigenvalue weighted by molar-refractivity contribution is 0.226. The number of nitrogens with two attached hydrogens (primary N) is 1. The molecule has 18 heavy (non-hydrogen) atoms. The lowest BCUT2D eigenvalue weighted by Gasteiger charge is -2.39. The fraction of sp³-hybridized carbons (Fsp3) is 0.692. The van der Waals surface area contributed by atoms with Crippen LogP contribution in [0.5, 0.6) is 0 Å². The molecule has 1 aliphatic carbocycles. The number of rotatable bonds is 1. The summed E-state index contributed by atoms with van der Waals surface area (Å²) in [5.74, 6) is 1.14. The predicted octanol–water partition coefficient (Wildman–Crippen LogP) is 2.87. The second-order valence-corrected chi connectivity index (χ2v) is 5.99. The van der Waals surface area contributed by atoms with E-state index < -0.39 is 0 Å². The van der Waals surface area contributed by atoms with Crippen molar-refractivity contribution < 1.29 is 0 Å². The van der Waals surface area contributed by atoms with Crippen LogP contribution >= 0.6 is 11.6 Å². The summed E-state index contributed by atoms with van der Waals surface area (Å²) in [5, 5.41) is 0.429. The quantitative estimate of drug-likeness (QED) is 0.794. The van der Waals surface area contributed by atoms with Gasteiger partial charge in [0.25, 0.3) is 0 Å². The Kier molecular flexibility index (Phi) is 3.06. The van der Waals surface area contributed by atoms with E-state index in [1.807, 2.05) is 6.07 Å². The van der Waals surface area contributed by atoms with Crippen LogP contribution in [0.25, 0.3) is 0 Å². The second kappa shape index (κ2) is 4.57. The minimum Gasteiger partial charge on any atom is -0.368 e. The number of hydrogen-bond acceptors (Lipinski definition) is 4. The first-order valence-electron chi connectivity index (χ1n) is 6.72. The number of halogens is 1. The van der Waals surface area contributed by atoms with Crippen molar-refractivity contribution in [2.24, 2.45) is 5.41 Å². The van der Waals surface area contributed by atoms with Crippen LogP contribution in [-0.4, -0.2) is 23.1 Å². The van der Waals surface area contributed by atoms with Crippen molar-refractivity contribution in [1.29, 1.82) is 0 Å². The maximum absolute atomic E-state index is 5.93. The van der Waals surface area contributed by atoms with E-state index in [-0.39, 0.29) is 5.95 Å². The Bertz CT molecular complexity index is 412. The van der Waals surface area contributed by atoms with E-state index in [2.05, 4.69) is 14.9 Å². The molecule has 0 unspecified atom stereocenters. The average Bonchev–Trinajstić information content (AvgIpc) is 2.77. The molecule has 1 aliphatic heterocycles. The number of hydrogen-bond donors (Lipinski definition) is 1. The molecule has 2 aliphatic rings. The highest BCUT2D eigenvalue weighted by Gasteiger charge is 2.37. The van der Waals surface area contributed by atoms with Crippen molar-refractivity contribution >= 4 is 23.4 Å². The van der Waals surface area contributed by atoms with Gasteiger partial charge in [-0.2, -0.15) is 4.98 Å². The van der Waals surface area contributed by atoms with Crippen LogP contribution in [0.1, 0.15) is 38.5 Å². The Morgan fingerprint density at radius 1 is 1.11 bits per heavy atom. The predicted molar refractivity (Wildman–Crippen MR) is 73.8 cm³/mol. The zero-order valence-corrected chi connectivity index (χ0v) is 11.3. The fourth-order valence-corrected chi connectivity index (χ4v) is 3.60. The molecule has 2 N–H and O–H groups in total. The van der Waals surface area contributed by atoms with Crippen molar-refractivity contribution in [3.8, 4) is 0 Å². The lowest BCUT2D eigenvalue weighted by Crippen LogP contribution is -2.39. The maximum Gasteiger partial charge on any atom is 0.223 e. The standard InChI is InChI=1S/C13H19ClN4/c14-10-9-11(17-12(15)16-10)18-7-5-13(6-8-18)3-1-2-4-13/h9H,1-8H2,(H2,15,16,17). The highest BCUT2D eigenvalue weighted by molar-refractivity contribution is 6.29. The van der Waals surface area contributed by atoms with Crippen LogP contribution in [0, 0.1) is 5.41 Å². The summed E-state index contributed by atoms with van der Waals surface area (Å²) in [7, 11) is 0. The van der Waals surface area contributed by atoms with Crippen LogP contribution in [0.3, 0.4) is 0 Å². The lowest BCUT2D eigenvalue weighted by atomic mass is 9.77. The summed E-state index contributed by atoms with van der Waals surface area (Å²) in [5.41, 5.74) is 6.27. The van der Waals surface area contributed by atoms with Crippen molar-refractivity contribution in [1.82, 2.24) is 9.97 Å². The zero-order chi connectivity index (χ0) is 12.6. The Labute approximate surface area is 113 Å². The normalized spacial score (nSPS) is 22.6. The van der Waals surface area contributed by atoms with Crippen LogP contribution in [0.4, 0.5) is 11.8 Å². The Morgan fingerprint density at radius 3 is 2.39 bits per heavy atom. The summed E-state index contributed by atoms with van der Waals surface area (Å²) < 4.78 is 0. The minimum absolute atomic E-state index is 0.263. The third kappa shape index (κ3) is 2.26. The number of nitrogens with zero attached hydrogens (tertiary/aromatic N) is 3. The van der Waals surface area contributed by atoms with E-state index in [1.54, 1.807) is 0 Å². The number of anilines is 2. The molecule has 2 fully saturated rings. The first kappa shape index (κ1) is 12.0. The molecule has 1 aromatic rings. The Hall–Kier alpha value is -1.03. The molecule has 2 heterocycles.